The molecule has 1 saturated heterocycles. The molecule has 0 bridgehead atoms. The van der Waals surface area contributed by atoms with Gasteiger partial charge in [0.05, 0.1) is 0 Å². The fourth-order valence-electron chi connectivity index (χ4n) is 3.25. The minimum Gasteiger partial charge on any atom is -0.383 e. The molecule has 8 heteroatoms. The third-order valence-corrected chi connectivity index (χ3v) is 4.96. The summed E-state index contributed by atoms with van der Waals surface area (Å²) in [6, 6.07) is 1.73. The van der Waals surface area contributed by atoms with Crippen molar-refractivity contribution in [2.45, 2.75) is 43.6 Å². The molecule has 0 spiro atoms. The van der Waals surface area contributed by atoms with Crippen LogP contribution in [0.4, 0.5) is 14.7 Å². The molecule has 2 aliphatic rings. The lowest BCUT2D eigenvalue weighted by Gasteiger charge is -2.41. The van der Waals surface area contributed by atoms with Crippen LogP contribution in [0.15, 0.2) is 18.5 Å². The molecule has 24 heavy (non-hydrogen) atoms. The minimum absolute atomic E-state index is 0.0318. The molecule has 2 fully saturated rings. The zero-order valence-corrected chi connectivity index (χ0v) is 13.4. The molecule has 1 aromatic heterocycles. The standard InChI is InChI=1S/C16H22F2N4O2/c17-16(18,15(24)5-2-6-15)13(23)21-10-12-4-1-9-22(11-12)14-19-7-3-8-20-14/h3,7-8,12,24H,1-2,4-6,9-11H2,(H,21,23). The molecule has 1 aliphatic carbocycles. The largest absolute Gasteiger partial charge is 0.383 e. The molecule has 6 nitrogen and oxygen atoms in total. The van der Waals surface area contributed by atoms with Crippen LogP contribution in [0.3, 0.4) is 0 Å². The minimum atomic E-state index is -3.73. The van der Waals surface area contributed by atoms with Crippen LogP contribution in [0, 0.1) is 5.92 Å². The first-order valence-corrected chi connectivity index (χ1v) is 8.33. The Hall–Kier alpha value is -1.83. The first-order valence-electron chi connectivity index (χ1n) is 8.33. The first kappa shape index (κ1) is 17.0. The molecule has 1 amide bonds. The molecule has 2 N–H and O–H groups in total. The van der Waals surface area contributed by atoms with Gasteiger partial charge >= 0.3 is 5.92 Å². The number of aliphatic hydroxyl groups is 1. The molecule has 1 atom stereocenters. The summed E-state index contributed by atoms with van der Waals surface area (Å²) in [5.74, 6) is -4.44. The van der Waals surface area contributed by atoms with E-state index >= 15 is 0 Å². The van der Waals surface area contributed by atoms with Gasteiger partial charge in [-0.15, -0.1) is 0 Å². The maximum Gasteiger partial charge on any atom is 0.352 e. The molecule has 2 heterocycles. The maximum atomic E-state index is 14.1. The van der Waals surface area contributed by atoms with Gasteiger partial charge < -0.3 is 15.3 Å². The summed E-state index contributed by atoms with van der Waals surface area (Å²) in [5.41, 5.74) is -2.17. The number of carbonyl (C=O) groups is 1. The summed E-state index contributed by atoms with van der Waals surface area (Å²) in [6.45, 7) is 1.58. The van der Waals surface area contributed by atoms with E-state index in [-0.39, 0.29) is 25.3 Å². The molecule has 1 aromatic rings. The van der Waals surface area contributed by atoms with Gasteiger partial charge in [-0.2, -0.15) is 8.78 Å². The number of halogens is 2. The Morgan fingerprint density at radius 2 is 2.08 bits per heavy atom. The van der Waals surface area contributed by atoms with Crippen molar-refractivity contribution in [1.29, 1.82) is 0 Å². The quantitative estimate of drug-likeness (QED) is 0.846. The van der Waals surface area contributed by atoms with E-state index in [4.69, 9.17) is 0 Å². The van der Waals surface area contributed by atoms with Crippen LogP contribution in [0.5, 0.6) is 0 Å². The van der Waals surface area contributed by atoms with Gasteiger partial charge in [-0.1, -0.05) is 0 Å². The molecule has 0 radical (unpaired) electrons. The maximum absolute atomic E-state index is 14.1. The van der Waals surface area contributed by atoms with E-state index in [0.717, 1.165) is 19.4 Å². The van der Waals surface area contributed by atoms with Crippen LogP contribution in [0.2, 0.25) is 0 Å². The molecule has 1 aliphatic heterocycles. The Balaban J connectivity index is 1.54. The third kappa shape index (κ3) is 3.19. The van der Waals surface area contributed by atoms with Gasteiger partial charge in [-0.05, 0) is 44.1 Å². The van der Waals surface area contributed by atoms with Crippen molar-refractivity contribution in [2.75, 3.05) is 24.5 Å². The fraction of sp³-hybridized carbons (Fsp3) is 0.688. The highest BCUT2D eigenvalue weighted by Gasteiger charge is 2.61. The molecule has 132 valence electrons. The van der Waals surface area contributed by atoms with Gasteiger partial charge in [-0.3, -0.25) is 4.79 Å². The second kappa shape index (κ2) is 6.58. The van der Waals surface area contributed by atoms with Crippen molar-refractivity contribution in [3.05, 3.63) is 18.5 Å². The monoisotopic (exact) mass is 340 g/mol. The Kier molecular flexibility index (Phi) is 4.67. The number of rotatable bonds is 5. The topological polar surface area (TPSA) is 78.4 Å². The Labute approximate surface area is 139 Å². The van der Waals surface area contributed by atoms with Gasteiger partial charge in [0.2, 0.25) is 5.95 Å². The van der Waals surface area contributed by atoms with E-state index in [9.17, 15) is 18.7 Å². The fourth-order valence-corrected chi connectivity index (χ4v) is 3.25. The Morgan fingerprint density at radius 3 is 2.71 bits per heavy atom. The lowest BCUT2D eigenvalue weighted by Crippen LogP contribution is -2.61. The number of anilines is 1. The SMILES string of the molecule is O=C(NCC1CCCN(c2ncccn2)C1)C(F)(F)C1(O)CCC1. The number of alkyl halides is 2. The van der Waals surface area contributed by atoms with E-state index in [1.807, 2.05) is 4.90 Å². The molecule has 0 aromatic carbocycles. The van der Waals surface area contributed by atoms with E-state index in [2.05, 4.69) is 15.3 Å². The van der Waals surface area contributed by atoms with Crippen molar-refractivity contribution >= 4 is 11.9 Å². The lowest BCUT2D eigenvalue weighted by atomic mass is 9.75. The number of hydrogen-bond donors (Lipinski definition) is 2. The van der Waals surface area contributed by atoms with Crippen molar-refractivity contribution < 1.29 is 18.7 Å². The van der Waals surface area contributed by atoms with Crippen LogP contribution >= 0.6 is 0 Å². The van der Waals surface area contributed by atoms with Gasteiger partial charge in [0, 0.05) is 32.0 Å². The zero-order chi connectivity index (χ0) is 17.2. The number of carbonyl (C=O) groups excluding carboxylic acids is 1. The summed E-state index contributed by atoms with van der Waals surface area (Å²) in [5, 5.41) is 12.1. The van der Waals surface area contributed by atoms with Gasteiger partial charge in [-0.25, -0.2) is 9.97 Å². The molecule has 1 saturated carbocycles. The highest BCUT2D eigenvalue weighted by Crippen LogP contribution is 2.44. The smallest absolute Gasteiger partial charge is 0.352 e. The van der Waals surface area contributed by atoms with Crippen LogP contribution in [-0.4, -0.2) is 52.1 Å². The van der Waals surface area contributed by atoms with Crippen molar-refractivity contribution in [3.8, 4) is 0 Å². The number of aromatic nitrogens is 2. The summed E-state index contributed by atoms with van der Waals surface area (Å²) in [4.78, 5) is 22.2. The van der Waals surface area contributed by atoms with E-state index in [0.29, 0.717) is 18.9 Å². The number of nitrogens with one attached hydrogen (secondary N) is 1. The summed E-state index contributed by atoms with van der Waals surface area (Å²) >= 11 is 0. The van der Waals surface area contributed by atoms with E-state index in [1.165, 1.54) is 0 Å². The molecular formula is C16H22F2N4O2. The Morgan fingerprint density at radius 1 is 1.38 bits per heavy atom. The number of amides is 1. The highest BCUT2D eigenvalue weighted by atomic mass is 19.3. The summed E-state index contributed by atoms with van der Waals surface area (Å²) < 4.78 is 28.1. The molecule has 1 unspecified atom stereocenters. The van der Waals surface area contributed by atoms with Crippen LogP contribution in [0.1, 0.15) is 32.1 Å². The predicted molar refractivity (Wildman–Crippen MR) is 83.7 cm³/mol. The van der Waals surface area contributed by atoms with Crippen LogP contribution < -0.4 is 10.2 Å². The highest BCUT2D eigenvalue weighted by molar-refractivity contribution is 5.85. The van der Waals surface area contributed by atoms with Gasteiger partial charge in [0.25, 0.3) is 5.91 Å². The van der Waals surface area contributed by atoms with Crippen molar-refractivity contribution in [3.63, 3.8) is 0 Å². The van der Waals surface area contributed by atoms with E-state index in [1.54, 1.807) is 18.5 Å². The first-order chi connectivity index (χ1) is 11.4. The van der Waals surface area contributed by atoms with Gasteiger partial charge in [0.1, 0.15) is 5.60 Å². The average Bonchev–Trinajstić information content (AvgIpc) is 2.58. The zero-order valence-electron chi connectivity index (χ0n) is 13.4. The summed E-state index contributed by atoms with van der Waals surface area (Å²) in [6.07, 6.45) is 5.51. The second-order valence-electron chi connectivity index (χ2n) is 6.67. The van der Waals surface area contributed by atoms with Crippen molar-refractivity contribution in [1.82, 2.24) is 15.3 Å². The van der Waals surface area contributed by atoms with E-state index < -0.39 is 17.4 Å². The summed E-state index contributed by atoms with van der Waals surface area (Å²) in [7, 11) is 0. The van der Waals surface area contributed by atoms with Crippen LogP contribution in [-0.2, 0) is 4.79 Å². The van der Waals surface area contributed by atoms with Crippen LogP contribution in [0.25, 0.3) is 0 Å². The average molecular weight is 340 g/mol. The number of nitrogens with zero attached hydrogens (tertiary/aromatic N) is 3. The molecular weight excluding hydrogens is 318 g/mol. The number of hydrogen-bond acceptors (Lipinski definition) is 5. The van der Waals surface area contributed by atoms with Gasteiger partial charge in [0.15, 0.2) is 0 Å². The molecule has 3 rings (SSSR count). The lowest BCUT2D eigenvalue weighted by molar-refractivity contribution is -0.216. The third-order valence-electron chi connectivity index (χ3n) is 4.96. The Bertz CT molecular complexity index is 581. The predicted octanol–water partition coefficient (Wildman–Crippen LogP) is 1.36. The second-order valence-corrected chi connectivity index (χ2v) is 6.67. The number of piperidine rings is 1. The van der Waals surface area contributed by atoms with Crippen molar-refractivity contribution in [2.24, 2.45) is 5.92 Å². The normalized spacial score (nSPS) is 23.5.